The first kappa shape index (κ1) is 12.1. The zero-order chi connectivity index (χ0) is 13.1. The predicted octanol–water partition coefficient (Wildman–Crippen LogP) is 1.74. The molecule has 0 atom stereocenters. The molecule has 1 saturated heterocycles. The summed E-state index contributed by atoms with van der Waals surface area (Å²) < 4.78 is 0. The molecule has 0 unspecified atom stereocenters. The summed E-state index contributed by atoms with van der Waals surface area (Å²) in [5.74, 6) is -0.247. The van der Waals surface area contributed by atoms with Crippen LogP contribution in [0.4, 0.5) is 10.5 Å². The molecule has 1 fully saturated rings. The molecule has 3 amide bonds. The fraction of sp³-hybridized carbons (Fsp3) is 0.308. The van der Waals surface area contributed by atoms with Crippen LogP contribution in [0.25, 0.3) is 0 Å². The van der Waals surface area contributed by atoms with Gasteiger partial charge in [0.1, 0.15) is 6.54 Å². The van der Waals surface area contributed by atoms with E-state index in [9.17, 15) is 9.59 Å². The minimum atomic E-state index is -0.308. The number of rotatable bonds is 3. The second kappa shape index (κ2) is 4.88. The van der Waals surface area contributed by atoms with Gasteiger partial charge in [-0.1, -0.05) is 13.0 Å². The highest BCUT2D eigenvalue weighted by Gasteiger charge is 2.36. The van der Waals surface area contributed by atoms with Crippen LogP contribution in [-0.4, -0.2) is 29.9 Å². The van der Waals surface area contributed by atoms with Crippen molar-refractivity contribution in [3.63, 3.8) is 0 Å². The van der Waals surface area contributed by atoms with Gasteiger partial charge in [0.05, 0.1) is 17.3 Å². The molecular formula is C13H13N3O2. The van der Waals surface area contributed by atoms with Crippen LogP contribution < -0.4 is 4.90 Å². The van der Waals surface area contributed by atoms with Crippen molar-refractivity contribution in [2.45, 2.75) is 13.3 Å². The quantitative estimate of drug-likeness (QED) is 0.759. The van der Waals surface area contributed by atoms with Gasteiger partial charge in [0.25, 0.3) is 5.91 Å². The highest BCUT2D eigenvalue weighted by atomic mass is 16.2. The molecule has 0 radical (unpaired) electrons. The molecule has 0 spiro atoms. The van der Waals surface area contributed by atoms with Gasteiger partial charge in [0.15, 0.2) is 0 Å². The van der Waals surface area contributed by atoms with E-state index in [1.165, 1.54) is 4.90 Å². The van der Waals surface area contributed by atoms with Gasteiger partial charge in [-0.2, -0.15) is 5.26 Å². The highest BCUT2D eigenvalue weighted by Crippen LogP contribution is 2.22. The molecule has 1 aliphatic heterocycles. The van der Waals surface area contributed by atoms with Crippen LogP contribution in [0.15, 0.2) is 24.3 Å². The summed E-state index contributed by atoms with van der Waals surface area (Å²) in [5.41, 5.74) is 0.893. The first-order valence-corrected chi connectivity index (χ1v) is 5.79. The smallest absolute Gasteiger partial charge is 0.315 e. The SMILES string of the molecule is CCCN1CC(=O)N(c2cccc(C#N)c2)C1=O. The second-order valence-corrected chi connectivity index (χ2v) is 4.10. The van der Waals surface area contributed by atoms with E-state index in [2.05, 4.69) is 0 Å². The fourth-order valence-corrected chi connectivity index (χ4v) is 1.96. The average molecular weight is 243 g/mol. The van der Waals surface area contributed by atoms with Gasteiger partial charge < -0.3 is 4.90 Å². The Kier molecular flexibility index (Phi) is 3.28. The minimum Gasteiger partial charge on any atom is -0.315 e. The summed E-state index contributed by atoms with van der Waals surface area (Å²) in [5, 5.41) is 8.82. The summed E-state index contributed by atoms with van der Waals surface area (Å²) in [6, 6.07) is 8.19. The van der Waals surface area contributed by atoms with Gasteiger partial charge in [-0.15, -0.1) is 0 Å². The molecule has 0 aromatic heterocycles. The van der Waals surface area contributed by atoms with Crippen molar-refractivity contribution in [3.8, 4) is 6.07 Å². The number of nitriles is 1. The molecule has 92 valence electrons. The minimum absolute atomic E-state index is 0.115. The van der Waals surface area contributed by atoms with Crippen LogP contribution in [0.2, 0.25) is 0 Å². The summed E-state index contributed by atoms with van der Waals surface area (Å²) in [4.78, 5) is 26.6. The molecule has 0 bridgehead atoms. The lowest BCUT2D eigenvalue weighted by molar-refractivity contribution is -0.116. The number of carbonyl (C=O) groups is 2. The van der Waals surface area contributed by atoms with Crippen molar-refractivity contribution in [3.05, 3.63) is 29.8 Å². The standard InChI is InChI=1S/C13H13N3O2/c1-2-6-15-9-12(17)16(13(15)18)11-5-3-4-10(7-11)8-14/h3-5,7H,2,6,9H2,1H3. The van der Waals surface area contributed by atoms with Gasteiger partial charge >= 0.3 is 6.03 Å². The molecule has 0 saturated carbocycles. The van der Waals surface area contributed by atoms with E-state index in [1.807, 2.05) is 13.0 Å². The Hall–Kier alpha value is -2.35. The topological polar surface area (TPSA) is 64.4 Å². The van der Waals surface area contributed by atoms with Gasteiger partial charge in [0, 0.05) is 6.54 Å². The normalized spacial score (nSPS) is 15.1. The van der Waals surface area contributed by atoms with Gasteiger partial charge in [-0.3, -0.25) is 4.79 Å². The number of nitrogens with zero attached hydrogens (tertiary/aromatic N) is 3. The Morgan fingerprint density at radius 2 is 2.17 bits per heavy atom. The van der Waals surface area contributed by atoms with Crippen molar-refractivity contribution < 1.29 is 9.59 Å². The zero-order valence-corrected chi connectivity index (χ0v) is 10.1. The molecule has 2 rings (SSSR count). The molecule has 0 N–H and O–H groups in total. The number of amides is 3. The number of imide groups is 1. The Bertz CT molecular complexity index is 533. The number of anilines is 1. The van der Waals surface area contributed by atoms with Crippen LogP contribution in [0, 0.1) is 11.3 Å². The number of benzene rings is 1. The number of hydrogen-bond donors (Lipinski definition) is 0. The summed E-state index contributed by atoms with van der Waals surface area (Å²) >= 11 is 0. The van der Waals surface area contributed by atoms with E-state index in [-0.39, 0.29) is 18.5 Å². The van der Waals surface area contributed by atoms with Crippen molar-refractivity contribution in [2.75, 3.05) is 18.0 Å². The third-order valence-corrected chi connectivity index (χ3v) is 2.76. The molecule has 5 heteroatoms. The van der Waals surface area contributed by atoms with Crippen LogP contribution in [0.3, 0.4) is 0 Å². The predicted molar refractivity (Wildman–Crippen MR) is 65.9 cm³/mol. The van der Waals surface area contributed by atoms with Crippen molar-refractivity contribution >= 4 is 17.6 Å². The largest absolute Gasteiger partial charge is 0.331 e. The molecule has 0 aliphatic carbocycles. The maximum Gasteiger partial charge on any atom is 0.331 e. The molecule has 1 heterocycles. The van der Waals surface area contributed by atoms with E-state index in [0.29, 0.717) is 17.8 Å². The van der Waals surface area contributed by atoms with Gasteiger partial charge in [-0.25, -0.2) is 9.69 Å². The Balaban J connectivity index is 2.30. The van der Waals surface area contributed by atoms with E-state index in [0.717, 1.165) is 11.3 Å². The van der Waals surface area contributed by atoms with Crippen molar-refractivity contribution in [2.24, 2.45) is 0 Å². The number of urea groups is 1. The second-order valence-electron chi connectivity index (χ2n) is 4.10. The van der Waals surface area contributed by atoms with Crippen LogP contribution in [0.5, 0.6) is 0 Å². The number of carbonyl (C=O) groups excluding carboxylic acids is 2. The monoisotopic (exact) mass is 243 g/mol. The Labute approximate surface area is 105 Å². The van der Waals surface area contributed by atoms with E-state index in [4.69, 9.17) is 5.26 Å². The van der Waals surface area contributed by atoms with E-state index in [1.54, 1.807) is 24.3 Å². The first-order chi connectivity index (χ1) is 8.67. The fourth-order valence-electron chi connectivity index (χ4n) is 1.96. The van der Waals surface area contributed by atoms with Gasteiger partial charge in [-0.05, 0) is 24.6 Å². The third-order valence-electron chi connectivity index (χ3n) is 2.76. The van der Waals surface area contributed by atoms with Crippen LogP contribution >= 0.6 is 0 Å². The summed E-state index contributed by atoms with van der Waals surface area (Å²) in [6.07, 6.45) is 0.811. The van der Waals surface area contributed by atoms with Crippen molar-refractivity contribution in [1.29, 1.82) is 5.26 Å². The Morgan fingerprint density at radius 3 is 2.83 bits per heavy atom. The lowest BCUT2D eigenvalue weighted by atomic mass is 10.2. The lowest BCUT2D eigenvalue weighted by Gasteiger charge is -2.16. The van der Waals surface area contributed by atoms with Crippen LogP contribution in [-0.2, 0) is 4.79 Å². The molecular weight excluding hydrogens is 230 g/mol. The summed E-state index contributed by atoms with van der Waals surface area (Å²) in [7, 11) is 0. The van der Waals surface area contributed by atoms with Crippen LogP contribution in [0.1, 0.15) is 18.9 Å². The highest BCUT2D eigenvalue weighted by molar-refractivity contribution is 6.19. The lowest BCUT2D eigenvalue weighted by Crippen LogP contribution is -2.33. The first-order valence-electron chi connectivity index (χ1n) is 5.79. The molecule has 1 aromatic rings. The molecule has 1 aliphatic rings. The van der Waals surface area contributed by atoms with Gasteiger partial charge in [0.2, 0.25) is 0 Å². The van der Waals surface area contributed by atoms with E-state index >= 15 is 0 Å². The van der Waals surface area contributed by atoms with E-state index < -0.39 is 0 Å². The third kappa shape index (κ3) is 2.05. The maximum absolute atomic E-state index is 12.1. The Morgan fingerprint density at radius 1 is 1.39 bits per heavy atom. The molecule has 18 heavy (non-hydrogen) atoms. The maximum atomic E-state index is 12.1. The number of hydrogen-bond acceptors (Lipinski definition) is 3. The molecule has 5 nitrogen and oxygen atoms in total. The van der Waals surface area contributed by atoms with Crippen molar-refractivity contribution in [1.82, 2.24) is 4.90 Å². The zero-order valence-electron chi connectivity index (χ0n) is 10.1. The average Bonchev–Trinajstić information content (AvgIpc) is 2.65. The summed E-state index contributed by atoms with van der Waals surface area (Å²) in [6.45, 7) is 2.64. The molecule has 1 aromatic carbocycles.